The van der Waals surface area contributed by atoms with Gasteiger partial charge in [0.25, 0.3) is 5.91 Å². The van der Waals surface area contributed by atoms with E-state index >= 15 is 0 Å². The predicted octanol–water partition coefficient (Wildman–Crippen LogP) is 5.98. The molecule has 0 radical (unpaired) electrons. The van der Waals surface area contributed by atoms with E-state index in [2.05, 4.69) is 10.6 Å². The molecule has 1 aliphatic heterocycles. The second-order valence-corrected chi connectivity index (χ2v) is 8.90. The van der Waals surface area contributed by atoms with Crippen LogP contribution in [0.2, 0.25) is 5.02 Å². The number of anilines is 1. The van der Waals surface area contributed by atoms with Crippen LogP contribution in [0.25, 0.3) is 0 Å². The molecular weight excluding hydrogens is 497 g/mol. The molecule has 2 aliphatic rings. The number of methoxy groups -OCH3 is 2. The summed E-state index contributed by atoms with van der Waals surface area (Å²) >= 11 is 6.13. The zero-order valence-electron chi connectivity index (χ0n) is 19.8. The number of nitrogens with one attached hydrogen (secondary N) is 2. The second kappa shape index (κ2) is 9.89. The van der Waals surface area contributed by atoms with Crippen molar-refractivity contribution in [3.63, 3.8) is 0 Å². The smallest absolute Gasteiger partial charge is 0.416 e. The maximum Gasteiger partial charge on any atom is 0.416 e. The van der Waals surface area contributed by atoms with Gasteiger partial charge in [0.1, 0.15) is 0 Å². The van der Waals surface area contributed by atoms with Crippen molar-refractivity contribution < 1.29 is 32.2 Å². The van der Waals surface area contributed by atoms with E-state index < -0.39 is 23.6 Å². The SMILES string of the molecule is COc1cccc([C@@H]2C(C(=O)Nc3cc(C(F)(F)F)ccc3Cl)=C(C)NC3=C2C(=O)CCC3)c1OC. The number of allylic oxidation sites excluding steroid dienone is 3. The van der Waals surface area contributed by atoms with Crippen molar-refractivity contribution in [1.82, 2.24) is 5.32 Å². The van der Waals surface area contributed by atoms with Gasteiger partial charge >= 0.3 is 6.18 Å². The highest BCUT2D eigenvalue weighted by Crippen LogP contribution is 2.47. The summed E-state index contributed by atoms with van der Waals surface area (Å²) in [6.45, 7) is 1.69. The Hall–Kier alpha value is -3.46. The van der Waals surface area contributed by atoms with Crippen molar-refractivity contribution in [3.8, 4) is 11.5 Å². The lowest BCUT2D eigenvalue weighted by molar-refractivity contribution is -0.137. The molecule has 2 aromatic rings. The van der Waals surface area contributed by atoms with E-state index in [1.54, 1.807) is 25.1 Å². The highest BCUT2D eigenvalue weighted by molar-refractivity contribution is 6.34. The van der Waals surface area contributed by atoms with Crippen LogP contribution in [0.1, 0.15) is 43.2 Å². The molecule has 36 heavy (non-hydrogen) atoms. The van der Waals surface area contributed by atoms with E-state index in [4.69, 9.17) is 21.1 Å². The number of hydrogen-bond acceptors (Lipinski definition) is 5. The van der Waals surface area contributed by atoms with Gasteiger partial charge in [-0.1, -0.05) is 23.7 Å². The number of halogens is 4. The third-order valence-corrected chi connectivity index (χ3v) is 6.64. The van der Waals surface area contributed by atoms with Crippen LogP contribution in [-0.4, -0.2) is 25.9 Å². The molecule has 0 fully saturated rings. The third-order valence-electron chi connectivity index (χ3n) is 6.31. The van der Waals surface area contributed by atoms with Crippen LogP contribution in [0, 0.1) is 0 Å². The molecular formula is C26H24ClF3N2O4. The molecule has 10 heteroatoms. The molecule has 0 saturated heterocycles. The summed E-state index contributed by atoms with van der Waals surface area (Å²) in [5, 5.41) is 5.65. The van der Waals surface area contributed by atoms with Gasteiger partial charge in [0.2, 0.25) is 0 Å². The number of ether oxygens (including phenoxy) is 2. The molecule has 1 heterocycles. The maximum atomic E-state index is 13.7. The molecule has 1 amide bonds. The number of hydrogen-bond donors (Lipinski definition) is 2. The highest BCUT2D eigenvalue weighted by atomic mass is 35.5. The number of dihydropyridines is 1. The normalized spacial score (nSPS) is 18.0. The number of rotatable bonds is 5. The standard InChI is InChI=1S/C26H24ClF3N2O4/c1-13-21(25(34)32-18-12-14(26(28,29)30)10-11-16(18)27)22(23-17(31-13)7-5-8-19(23)33)15-6-4-9-20(35-2)24(15)36-3/h4,6,9-12,22,31H,5,7-8H2,1-3H3,(H,32,34)/t22-/m1/s1. The lowest BCUT2D eigenvalue weighted by Crippen LogP contribution is -2.35. The van der Waals surface area contributed by atoms with Crippen molar-refractivity contribution >= 4 is 29.0 Å². The lowest BCUT2D eigenvalue weighted by atomic mass is 9.74. The van der Waals surface area contributed by atoms with Crippen LogP contribution >= 0.6 is 11.6 Å². The molecule has 1 atom stereocenters. The van der Waals surface area contributed by atoms with Crippen molar-refractivity contribution in [2.24, 2.45) is 0 Å². The number of alkyl halides is 3. The molecule has 0 spiro atoms. The molecule has 190 valence electrons. The molecule has 0 unspecified atom stereocenters. The number of carbonyl (C=O) groups is 2. The first-order valence-corrected chi connectivity index (χ1v) is 11.6. The minimum absolute atomic E-state index is 0.0532. The average molecular weight is 521 g/mol. The fourth-order valence-electron chi connectivity index (χ4n) is 4.72. The van der Waals surface area contributed by atoms with Gasteiger partial charge < -0.3 is 20.1 Å². The Labute approximate surface area is 211 Å². The molecule has 0 aromatic heterocycles. The van der Waals surface area contributed by atoms with E-state index in [0.717, 1.165) is 18.2 Å². The van der Waals surface area contributed by atoms with Crippen LogP contribution < -0.4 is 20.1 Å². The summed E-state index contributed by atoms with van der Waals surface area (Å²) in [5.74, 6) is -0.872. The van der Waals surface area contributed by atoms with Crippen LogP contribution in [-0.2, 0) is 15.8 Å². The third kappa shape index (κ3) is 4.67. The molecule has 1 aliphatic carbocycles. The summed E-state index contributed by atoms with van der Waals surface area (Å²) in [6, 6.07) is 7.85. The molecule has 4 rings (SSSR count). The van der Waals surface area contributed by atoms with Crippen molar-refractivity contribution in [2.75, 3.05) is 19.5 Å². The van der Waals surface area contributed by atoms with E-state index in [1.165, 1.54) is 14.2 Å². The quantitative estimate of drug-likeness (QED) is 0.507. The first-order chi connectivity index (χ1) is 17.1. The van der Waals surface area contributed by atoms with E-state index in [1.807, 2.05) is 0 Å². The fourth-order valence-corrected chi connectivity index (χ4v) is 4.89. The average Bonchev–Trinajstić information content (AvgIpc) is 2.83. The predicted molar refractivity (Wildman–Crippen MR) is 129 cm³/mol. The first kappa shape index (κ1) is 25.6. The Balaban J connectivity index is 1.85. The van der Waals surface area contributed by atoms with Gasteiger partial charge in [0, 0.05) is 34.5 Å². The van der Waals surface area contributed by atoms with Crippen LogP contribution in [0.5, 0.6) is 11.5 Å². The Morgan fingerprint density at radius 3 is 2.56 bits per heavy atom. The van der Waals surface area contributed by atoms with Gasteiger partial charge in [-0.15, -0.1) is 0 Å². The number of Topliss-reactive ketones (excluding diaryl/α,β-unsaturated/α-hetero) is 1. The Morgan fingerprint density at radius 2 is 1.89 bits per heavy atom. The minimum atomic E-state index is -4.61. The van der Waals surface area contributed by atoms with Crippen molar-refractivity contribution in [1.29, 1.82) is 0 Å². The minimum Gasteiger partial charge on any atom is -0.493 e. The summed E-state index contributed by atoms with van der Waals surface area (Å²) in [4.78, 5) is 26.8. The molecule has 0 bridgehead atoms. The monoisotopic (exact) mass is 520 g/mol. The van der Waals surface area contributed by atoms with Gasteiger partial charge in [-0.05, 0) is 44.0 Å². The zero-order valence-corrected chi connectivity index (χ0v) is 20.6. The van der Waals surface area contributed by atoms with Crippen molar-refractivity contribution in [3.05, 3.63) is 75.1 Å². The highest BCUT2D eigenvalue weighted by Gasteiger charge is 2.40. The topological polar surface area (TPSA) is 76.7 Å². The van der Waals surface area contributed by atoms with Gasteiger partial charge in [-0.3, -0.25) is 9.59 Å². The maximum absolute atomic E-state index is 13.7. The van der Waals surface area contributed by atoms with Crippen LogP contribution in [0.4, 0.5) is 18.9 Å². The Bertz CT molecular complexity index is 1300. The number of amides is 1. The fraction of sp³-hybridized carbons (Fsp3) is 0.308. The number of benzene rings is 2. The molecule has 6 nitrogen and oxygen atoms in total. The van der Waals surface area contributed by atoms with Crippen molar-refractivity contribution in [2.45, 2.75) is 38.3 Å². The van der Waals surface area contributed by atoms with E-state index in [9.17, 15) is 22.8 Å². The lowest BCUT2D eigenvalue weighted by Gasteiger charge is -2.35. The molecule has 2 N–H and O–H groups in total. The van der Waals surface area contributed by atoms with Gasteiger partial charge in [-0.2, -0.15) is 13.2 Å². The van der Waals surface area contributed by atoms with Crippen LogP contribution in [0.3, 0.4) is 0 Å². The van der Waals surface area contributed by atoms with Gasteiger partial charge in [0.15, 0.2) is 17.3 Å². The second-order valence-electron chi connectivity index (χ2n) is 8.49. The van der Waals surface area contributed by atoms with Gasteiger partial charge in [0.05, 0.1) is 36.4 Å². The first-order valence-electron chi connectivity index (χ1n) is 11.2. The summed E-state index contributed by atoms with van der Waals surface area (Å²) in [5.41, 5.74) is 1.17. The summed E-state index contributed by atoms with van der Waals surface area (Å²) < 4.78 is 50.9. The number of para-hydroxylation sites is 1. The summed E-state index contributed by atoms with van der Waals surface area (Å²) in [7, 11) is 2.93. The largest absolute Gasteiger partial charge is 0.493 e. The van der Waals surface area contributed by atoms with E-state index in [-0.39, 0.29) is 22.1 Å². The zero-order chi connectivity index (χ0) is 26.2. The summed E-state index contributed by atoms with van der Waals surface area (Å²) in [6.07, 6.45) is -3.01. The number of ketones is 1. The molecule has 2 aromatic carbocycles. The molecule has 0 saturated carbocycles. The van der Waals surface area contributed by atoms with Crippen LogP contribution in [0.15, 0.2) is 58.9 Å². The van der Waals surface area contributed by atoms with Gasteiger partial charge in [-0.25, -0.2) is 0 Å². The number of carbonyl (C=O) groups excluding carboxylic acids is 2. The Morgan fingerprint density at radius 1 is 1.14 bits per heavy atom. The Kier molecular flexibility index (Phi) is 7.04. The van der Waals surface area contributed by atoms with E-state index in [0.29, 0.717) is 53.3 Å².